The quantitative estimate of drug-likeness (QED) is 0.818. The fourth-order valence-corrected chi connectivity index (χ4v) is 2.71. The number of rotatable bonds is 5. The fraction of sp³-hybridized carbons (Fsp3) is 0.462. The van der Waals surface area contributed by atoms with E-state index in [0.29, 0.717) is 16.6 Å². The van der Waals surface area contributed by atoms with E-state index in [2.05, 4.69) is 5.32 Å². The molecule has 0 bridgehead atoms. The van der Waals surface area contributed by atoms with E-state index < -0.39 is 5.54 Å². The Balaban J connectivity index is 2.61. The summed E-state index contributed by atoms with van der Waals surface area (Å²) in [4.78, 5) is 12.7. The maximum absolute atomic E-state index is 11.9. The molecular weight excluding hydrogens is 303 g/mol. The Kier molecular flexibility index (Phi) is 5.99. The van der Waals surface area contributed by atoms with E-state index in [1.54, 1.807) is 18.2 Å². The predicted octanol–water partition coefficient (Wildman–Crippen LogP) is 3.33. The van der Waals surface area contributed by atoms with E-state index >= 15 is 0 Å². The molecule has 1 aromatic rings. The number of carbonyl (C=O) groups excluding carboxylic acids is 1. The van der Waals surface area contributed by atoms with Crippen LogP contribution >= 0.6 is 35.0 Å². The summed E-state index contributed by atoms with van der Waals surface area (Å²) in [7, 11) is 0. The lowest BCUT2D eigenvalue weighted by Crippen LogP contribution is -2.46. The van der Waals surface area contributed by atoms with E-state index in [-0.39, 0.29) is 11.2 Å². The lowest BCUT2D eigenvalue weighted by Gasteiger charge is -2.20. The van der Waals surface area contributed by atoms with Crippen molar-refractivity contribution < 1.29 is 4.79 Å². The highest BCUT2D eigenvalue weighted by atomic mass is 35.5. The molecule has 3 N–H and O–H groups in total. The molecule has 0 aliphatic heterocycles. The van der Waals surface area contributed by atoms with Crippen molar-refractivity contribution in [3.8, 4) is 0 Å². The normalized spacial score (nSPS) is 13.2. The van der Waals surface area contributed by atoms with Crippen LogP contribution in [-0.4, -0.2) is 23.2 Å². The first-order chi connectivity index (χ1) is 8.69. The minimum atomic E-state index is -0.423. The third-order valence-corrected chi connectivity index (χ3v) is 4.12. The second-order valence-electron chi connectivity index (χ2n) is 5.04. The van der Waals surface area contributed by atoms with E-state index in [1.165, 1.54) is 11.8 Å². The standard InChI is InChI=1S/C13H18Cl2N2OS/c1-8(12(18)17-7-13(2,3)16)19-11-6-9(14)4-5-10(11)15/h4-6,8H,7,16H2,1-3H3,(H,17,18). The summed E-state index contributed by atoms with van der Waals surface area (Å²) in [6.07, 6.45) is 0. The van der Waals surface area contributed by atoms with Gasteiger partial charge in [-0.3, -0.25) is 4.79 Å². The van der Waals surface area contributed by atoms with E-state index in [4.69, 9.17) is 28.9 Å². The largest absolute Gasteiger partial charge is 0.353 e. The van der Waals surface area contributed by atoms with E-state index in [9.17, 15) is 4.79 Å². The molecule has 1 unspecified atom stereocenters. The molecule has 0 saturated heterocycles. The lowest BCUT2D eigenvalue weighted by atomic mass is 10.1. The van der Waals surface area contributed by atoms with Crippen LogP contribution in [0.5, 0.6) is 0 Å². The van der Waals surface area contributed by atoms with Gasteiger partial charge in [0.05, 0.1) is 10.3 Å². The van der Waals surface area contributed by atoms with Gasteiger partial charge in [-0.2, -0.15) is 0 Å². The first-order valence-electron chi connectivity index (χ1n) is 5.87. The number of nitrogens with two attached hydrogens (primary N) is 1. The van der Waals surface area contributed by atoms with Gasteiger partial charge < -0.3 is 11.1 Å². The Labute approximate surface area is 128 Å². The molecule has 0 fully saturated rings. The Morgan fingerprint density at radius 2 is 2.11 bits per heavy atom. The molecule has 106 valence electrons. The van der Waals surface area contributed by atoms with Gasteiger partial charge in [-0.05, 0) is 39.0 Å². The summed E-state index contributed by atoms with van der Waals surface area (Å²) in [5.74, 6) is -0.0698. The Hall–Kier alpha value is -0.420. The topological polar surface area (TPSA) is 55.1 Å². The molecule has 0 saturated carbocycles. The van der Waals surface area contributed by atoms with Gasteiger partial charge in [-0.1, -0.05) is 23.2 Å². The van der Waals surface area contributed by atoms with Gasteiger partial charge in [0.2, 0.25) is 5.91 Å². The third kappa shape index (κ3) is 6.04. The molecule has 1 aromatic carbocycles. The molecule has 1 amide bonds. The van der Waals surface area contributed by atoms with Crippen molar-refractivity contribution in [2.24, 2.45) is 5.73 Å². The third-order valence-electron chi connectivity index (χ3n) is 2.28. The minimum Gasteiger partial charge on any atom is -0.353 e. The van der Waals surface area contributed by atoms with Crippen LogP contribution < -0.4 is 11.1 Å². The van der Waals surface area contributed by atoms with Crippen LogP contribution in [0.3, 0.4) is 0 Å². The molecule has 1 atom stereocenters. The summed E-state index contributed by atoms with van der Waals surface area (Å²) in [5, 5.41) is 3.74. The number of benzene rings is 1. The van der Waals surface area contributed by atoms with Crippen molar-refractivity contribution in [1.82, 2.24) is 5.32 Å². The van der Waals surface area contributed by atoms with Gasteiger partial charge in [-0.15, -0.1) is 11.8 Å². The molecule has 6 heteroatoms. The van der Waals surface area contributed by atoms with Crippen LogP contribution in [0.25, 0.3) is 0 Å². The van der Waals surface area contributed by atoms with Crippen molar-refractivity contribution in [3.05, 3.63) is 28.2 Å². The molecule has 0 aromatic heterocycles. The highest BCUT2D eigenvalue weighted by molar-refractivity contribution is 8.00. The van der Waals surface area contributed by atoms with Crippen LogP contribution in [-0.2, 0) is 4.79 Å². The summed E-state index contributed by atoms with van der Waals surface area (Å²) in [6, 6.07) is 5.20. The smallest absolute Gasteiger partial charge is 0.233 e. The molecule has 0 radical (unpaired) electrons. The zero-order chi connectivity index (χ0) is 14.6. The Morgan fingerprint density at radius 3 is 2.68 bits per heavy atom. The van der Waals surface area contributed by atoms with Crippen molar-refractivity contribution in [1.29, 1.82) is 0 Å². The van der Waals surface area contributed by atoms with Gasteiger partial charge in [0.15, 0.2) is 0 Å². The number of carbonyl (C=O) groups is 1. The van der Waals surface area contributed by atoms with E-state index in [0.717, 1.165) is 4.90 Å². The average Bonchev–Trinajstić information content (AvgIpc) is 2.29. The van der Waals surface area contributed by atoms with E-state index in [1.807, 2.05) is 20.8 Å². The van der Waals surface area contributed by atoms with Crippen molar-refractivity contribution >= 4 is 40.9 Å². The average molecular weight is 321 g/mol. The molecule has 19 heavy (non-hydrogen) atoms. The van der Waals surface area contributed by atoms with Gasteiger partial charge >= 0.3 is 0 Å². The molecular formula is C13H18Cl2N2OS. The molecule has 0 aliphatic carbocycles. The Bertz CT molecular complexity index is 460. The maximum atomic E-state index is 11.9. The number of nitrogens with one attached hydrogen (secondary N) is 1. The molecule has 3 nitrogen and oxygen atoms in total. The monoisotopic (exact) mass is 320 g/mol. The van der Waals surface area contributed by atoms with Crippen LogP contribution in [0.2, 0.25) is 10.0 Å². The zero-order valence-corrected chi connectivity index (χ0v) is 13.5. The number of hydrogen-bond donors (Lipinski definition) is 2. The highest BCUT2D eigenvalue weighted by Gasteiger charge is 2.18. The minimum absolute atomic E-state index is 0.0698. The molecule has 0 aliphatic rings. The van der Waals surface area contributed by atoms with Crippen molar-refractivity contribution in [2.75, 3.05) is 6.54 Å². The van der Waals surface area contributed by atoms with Gasteiger partial charge in [-0.25, -0.2) is 0 Å². The molecule has 1 rings (SSSR count). The van der Waals surface area contributed by atoms with Gasteiger partial charge in [0.1, 0.15) is 0 Å². The molecule has 0 heterocycles. The number of amides is 1. The number of halogens is 2. The SMILES string of the molecule is CC(Sc1cc(Cl)ccc1Cl)C(=O)NCC(C)(C)N. The van der Waals surface area contributed by atoms with Crippen LogP contribution in [0, 0.1) is 0 Å². The number of hydrogen-bond acceptors (Lipinski definition) is 3. The first-order valence-corrected chi connectivity index (χ1v) is 7.51. The zero-order valence-electron chi connectivity index (χ0n) is 11.2. The Morgan fingerprint density at radius 1 is 1.47 bits per heavy atom. The summed E-state index contributed by atoms with van der Waals surface area (Å²) in [6.45, 7) is 5.97. The summed E-state index contributed by atoms with van der Waals surface area (Å²) < 4.78 is 0. The number of thioether (sulfide) groups is 1. The summed E-state index contributed by atoms with van der Waals surface area (Å²) >= 11 is 13.3. The predicted molar refractivity (Wildman–Crippen MR) is 83.1 cm³/mol. The first kappa shape index (κ1) is 16.6. The fourth-order valence-electron chi connectivity index (χ4n) is 1.27. The molecule has 0 spiro atoms. The highest BCUT2D eigenvalue weighted by Crippen LogP contribution is 2.32. The second kappa shape index (κ2) is 6.84. The van der Waals surface area contributed by atoms with Crippen LogP contribution in [0.4, 0.5) is 0 Å². The van der Waals surface area contributed by atoms with Crippen LogP contribution in [0.15, 0.2) is 23.1 Å². The van der Waals surface area contributed by atoms with Gasteiger partial charge in [0, 0.05) is 22.0 Å². The second-order valence-corrected chi connectivity index (χ2v) is 7.27. The van der Waals surface area contributed by atoms with Crippen molar-refractivity contribution in [3.63, 3.8) is 0 Å². The van der Waals surface area contributed by atoms with Gasteiger partial charge in [0.25, 0.3) is 0 Å². The lowest BCUT2D eigenvalue weighted by molar-refractivity contribution is -0.120. The summed E-state index contributed by atoms with van der Waals surface area (Å²) in [5.41, 5.74) is 5.40. The van der Waals surface area contributed by atoms with Crippen LogP contribution in [0.1, 0.15) is 20.8 Å². The maximum Gasteiger partial charge on any atom is 0.233 e. The van der Waals surface area contributed by atoms with Crippen molar-refractivity contribution in [2.45, 2.75) is 36.5 Å².